The molecule has 18 heavy (non-hydrogen) atoms. The van der Waals surface area contributed by atoms with Crippen molar-refractivity contribution in [1.29, 1.82) is 0 Å². The number of benzene rings is 1. The smallest absolute Gasteiger partial charge is 0.272 e. The molecule has 0 saturated heterocycles. The number of nitro benzene ring substituents is 1. The standard InChI is InChI=1S/C13H17FN2O2/c1-2-13(6-3-7-13)9-15-12-5-4-10(16(17)18)8-11(12)14/h4-5,8,15H,2-3,6-7,9H2,1H3. The van der Waals surface area contributed by atoms with Gasteiger partial charge in [0.2, 0.25) is 0 Å². The third-order valence-corrected chi connectivity index (χ3v) is 3.98. The summed E-state index contributed by atoms with van der Waals surface area (Å²) >= 11 is 0. The van der Waals surface area contributed by atoms with Crippen LogP contribution < -0.4 is 5.32 Å². The molecule has 0 aromatic heterocycles. The molecule has 1 aromatic carbocycles. The number of nitro groups is 1. The van der Waals surface area contributed by atoms with Crippen LogP contribution in [0.25, 0.3) is 0 Å². The molecule has 4 nitrogen and oxygen atoms in total. The molecular formula is C13H17FN2O2. The van der Waals surface area contributed by atoms with Gasteiger partial charge in [-0.3, -0.25) is 10.1 Å². The van der Waals surface area contributed by atoms with Crippen molar-refractivity contribution >= 4 is 11.4 Å². The van der Waals surface area contributed by atoms with Crippen molar-refractivity contribution in [2.45, 2.75) is 32.6 Å². The number of rotatable bonds is 5. The topological polar surface area (TPSA) is 55.2 Å². The zero-order valence-corrected chi connectivity index (χ0v) is 10.4. The van der Waals surface area contributed by atoms with E-state index in [0.29, 0.717) is 5.69 Å². The van der Waals surface area contributed by atoms with Crippen LogP contribution in [0.3, 0.4) is 0 Å². The maximum Gasteiger partial charge on any atom is 0.272 e. The molecule has 0 heterocycles. The molecule has 0 amide bonds. The molecule has 1 aliphatic rings. The summed E-state index contributed by atoms with van der Waals surface area (Å²) in [6, 6.07) is 3.72. The van der Waals surface area contributed by atoms with E-state index in [1.165, 1.54) is 31.4 Å². The van der Waals surface area contributed by atoms with Gasteiger partial charge < -0.3 is 5.32 Å². The summed E-state index contributed by atoms with van der Waals surface area (Å²) in [7, 11) is 0. The number of halogens is 1. The summed E-state index contributed by atoms with van der Waals surface area (Å²) in [5.41, 5.74) is 0.418. The Bertz CT molecular complexity index is 453. The van der Waals surface area contributed by atoms with Gasteiger partial charge in [-0.2, -0.15) is 0 Å². The van der Waals surface area contributed by atoms with E-state index in [4.69, 9.17) is 0 Å². The van der Waals surface area contributed by atoms with Crippen molar-refractivity contribution in [2.24, 2.45) is 5.41 Å². The predicted molar refractivity (Wildman–Crippen MR) is 68.1 cm³/mol. The van der Waals surface area contributed by atoms with Gasteiger partial charge in [0.1, 0.15) is 0 Å². The number of nitrogens with zero attached hydrogens (tertiary/aromatic N) is 1. The van der Waals surface area contributed by atoms with E-state index >= 15 is 0 Å². The summed E-state index contributed by atoms with van der Waals surface area (Å²) in [5.74, 6) is -0.560. The Morgan fingerprint density at radius 1 is 1.50 bits per heavy atom. The molecule has 1 aliphatic carbocycles. The van der Waals surface area contributed by atoms with E-state index in [1.807, 2.05) is 0 Å². The quantitative estimate of drug-likeness (QED) is 0.641. The van der Waals surface area contributed by atoms with Gasteiger partial charge >= 0.3 is 0 Å². The summed E-state index contributed by atoms with van der Waals surface area (Å²) in [6.07, 6.45) is 4.66. The molecule has 0 bridgehead atoms. The van der Waals surface area contributed by atoms with Gasteiger partial charge in [0, 0.05) is 12.6 Å². The Morgan fingerprint density at radius 2 is 2.22 bits per heavy atom. The van der Waals surface area contributed by atoms with Gasteiger partial charge in [-0.15, -0.1) is 0 Å². The Morgan fingerprint density at radius 3 is 2.67 bits per heavy atom. The first-order valence-corrected chi connectivity index (χ1v) is 6.24. The molecule has 0 atom stereocenters. The second-order valence-corrected chi connectivity index (χ2v) is 4.98. The van der Waals surface area contributed by atoms with Crippen LogP contribution in [0.4, 0.5) is 15.8 Å². The van der Waals surface area contributed by atoms with Crippen LogP contribution in [-0.2, 0) is 0 Å². The minimum Gasteiger partial charge on any atom is -0.382 e. The number of nitrogens with one attached hydrogen (secondary N) is 1. The summed E-state index contributed by atoms with van der Waals surface area (Å²) < 4.78 is 13.6. The number of anilines is 1. The average Bonchev–Trinajstić information content (AvgIpc) is 2.29. The summed E-state index contributed by atoms with van der Waals surface area (Å²) in [6.45, 7) is 2.88. The highest BCUT2D eigenvalue weighted by molar-refractivity contribution is 5.50. The number of hydrogen-bond acceptors (Lipinski definition) is 3. The van der Waals surface area contributed by atoms with E-state index in [9.17, 15) is 14.5 Å². The maximum atomic E-state index is 13.6. The molecule has 0 spiro atoms. The number of non-ortho nitro benzene ring substituents is 1. The predicted octanol–water partition coefficient (Wildman–Crippen LogP) is 3.73. The molecule has 0 aliphatic heterocycles. The lowest BCUT2D eigenvalue weighted by atomic mass is 9.67. The third-order valence-electron chi connectivity index (χ3n) is 3.98. The lowest BCUT2D eigenvalue weighted by molar-refractivity contribution is -0.385. The summed E-state index contributed by atoms with van der Waals surface area (Å²) in [5, 5.41) is 13.6. The minimum atomic E-state index is -0.591. The van der Waals surface area contributed by atoms with Gasteiger partial charge in [-0.25, -0.2) is 4.39 Å². The number of hydrogen-bond donors (Lipinski definition) is 1. The highest BCUT2D eigenvalue weighted by Gasteiger charge is 2.34. The van der Waals surface area contributed by atoms with Crippen molar-refractivity contribution in [3.05, 3.63) is 34.1 Å². The molecule has 1 N–H and O–H groups in total. The lowest BCUT2D eigenvalue weighted by Crippen LogP contribution is -2.36. The molecule has 1 saturated carbocycles. The third kappa shape index (κ3) is 2.44. The monoisotopic (exact) mass is 252 g/mol. The van der Waals surface area contributed by atoms with Crippen molar-refractivity contribution in [3.63, 3.8) is 0 Å². The first-order valence-electron chi connectivity index (χ1n) is 6.24. The first-order chi connectivity index (χ1) is 8.56. The Kier molecular flexibility index (Phi) is 3.50. The van der Waals surface area contributed by atoms with Crippen LogP contribution in [0.2, 0.25) is 0 Å². The zero-order chi connectivity index (χ0) is 13.2. The van der Waals surface area contributed by atoms with Gasteiger partial charge in [0.15, 0.2) is 5.82 Å². The van der Waals surface area contributed by atoms with Crippen LogP contribution in [0.5, 0.6) is 0 Å². The van der Waals surface area contributed by atoms with Gasteiger partial charge in [0.05, 0.1) is 16.7 Å². The average molecular weight is 252 g/mol. The Balaban J connectivity index is 2.03. The minimum absolute atomic E-state index is 0.216. The van der Waals surface area contributed by atoms with Crippen LogP contribution in [0.15, 0.2) is 18.2 Å². The largest absolute Gasteiger partial charge is 0.382 e. The van der Waals surface area contributed by atoms with Crippen molar-refractivity contribution in [2.75, 3.05) is 11.9 Å². The van der Waals surface area contributed by atoms with Gasteiger partial charge in [-0.1, -0.05) is 13.3 Å². The van der Waals surface area contributed by atoms with Crippen LogP contribution in [-0.4, -0.2) is 11.5 Å². The fourth-order valence-corrected chi connectivity index (χ4v) is 2.38. The molecule has 5 heteroatoms. The molecule has 98 valence electrons. The van der Waals surface area contributed by atoms with E-state index in [2.05, 4.69) is 12.2 Å². The second kappa shape index (κ2) is 4.92. The SMILES string of the molecule is CCC1(CNc2ccc([N+](=O)[O-])cc2F)CCC1. The Labute approximate surface area is 105 Å². The van der Waals surface area contributed by atoms with Gasteiger partial charge in [-0.05, 0) is 30.7 Å². The molecule has 0 unspecified atom stereocenters. The fourth-order valence-electron chi connectivity index (χ4n) is 2.38. The molecular weight excluding hydrogens is 235 g/mol. The highest BCUT2D eigenvalue weighted by Crippen LogP contribution is 2.43. The fraction of sp³-hybridized carbons (Fsp3) is 0.538. The van der Waals surface area contributed by atoms with Crippen molar-refractivity contribution in [1.82, 2.24) is 0 Å². The van der Waals surface area contributed by atoms with Crippen molar-refractivity contribution < 1.29 is 9.31 Å². The molecule has 1 aromatic rings. The Hall–Kier alpha value is -1.65. The highest BCUT2D eigenvalue weighted by atomic mass is 19.1. The molecule has 1 fully saturated rings. The van der Waals surface area contributed by atoms with Gasteiger partial charge in [0.25, 0.3) is 5.69 Å². The summed E-state index contributed by atoms with van der Waals surface area (Å²) in [4.78, 5) is 9.91. The van der Waals surface area contributed by atoms with E-state index in [-0.39, 0.29) is 11.1 Å². The second-order valence-electron chi connectivity index (χ2n) is 4.98. The van der Waals surface area contributed by atoms with E-state index in [1.54, 1.807) is 0 Å². The normalized spacial score (nSPS) is 17.0. The van der Waals surface area contributed by atoms with Crippen LogP contribution in [0.1, 0.15) is 32.6 Å². The first kappa shape index (κ1) is 12.8. The maximum absolute atomic E-state index is 13.6. The molecule has 0 radical (unpaired) electrons. The van der Waals surface area contributed by atoms with Crippen LogP contribution in [0, 0.1) is 21.3 Å². The zero-order valence-electron chi connectivity index (χ0n) is 10.4. The molecule has 2 rings (SSSR count). The lowest BCUT2D eigenvalue weighted by Gasteiger charge is -2.41. The van der Waals surface area contributed by atoms with E-state index < -0.39 is 10.7 Å². The van der Waals surface area contributed by atoms with Crippen molar-refractivity contribution in [3.8, 4) is 0 Å². The van der Waals surface area contributed by atoms with Crippen LogP contribution >= 0.6 is 0 Å². The van der Waals surface area contributed by atoms with E-state index in [0.717, 1.165) is 19.0 Å².